The van der Waals surface area contributed by atoms with Gasteiger partial charge in [-0.2, -0.15) is 0 Å². The summed E-state index contributed by atoms with van der Waals surface area (Å²) in [7, 11) is 0. The molecule has 2 N–H and O–H groups in total. The van der Waals surface area contributed by atoms with E-state index in [9.17, 15) is 9.59 Å². The Bertz CT molecular complexity index is 228. The van der Waals surface area contributed by atoms with Crippen molar-refractivity contribution in [1.29, 1.82) is 0 Å². The Labute approximate surface area is 97.0 Å². The van der Waals surface area contributed by atoms with E-state index in [-0.39, 0.29) is 12.1 Å². The normalized spacial score (nSPS) is 9.75. The molecular weight excluding hydrogens is 208 g/mol. The summed E-state index contributed by atoms with van der Waals surface area (Å²) < 4.78 is 0. The lowest BCUT2D eigenvalue weighted by molar-refractivity contribution is -0.135. The maximum Gasteiger partial charge on any atom is 0.317 e. The molecule has 0 aromatic rings. The Morgan fingerprint density at radius 3 is 2.25 bits per heavy atom. The number of hydrogen-bond donors (Lipinski definition) is 2. The number of carbonyl (C=O) groups excluding carboxylic acids is 1. The summed E-state index contributed by atoms with van der Waals surface area (Å²) in [5.74, 6) is -0.786. The Hall–Kier alpha value is -1.19. The standard InChI is InChI=1S/C6H13NO2.C5H9NO/c1-2-3-4-7-5-6(8)9;1-5(2,3)6-4-7/h7H,2-5H2,1H3,(H,8,9);1-3H3. The molecule has 0 aromatic heterocycles. The average molecular weight is 230 g/mol. The van der Waals surface area contributed by atoms with Gasteiger partial charge in [0.25, 0.3) is 0 Å². The lowest BCUT2D eigenvalue weighted by Crippen LogP contribution is -2.23. The van der Waals surface area contributed by atoms with Crippen LogP contribution in [-0.2, 0) is 9.59 Å². The van der Waals surface area contributed by atoms with E-state index in [4.69, 9.17) is 5.11 Å². The number of unbranched alkanes of at least 4 members (excludes halogenated alkanes) is 1. The van der Waals surface area contributed by atoms with Gasteiger partial charge in [0.15, 0.2) is 0 Å². The zero-order chi connectivity index (χ0) is 13.0. The highest BCUT2D eigenvalue weighted by molar-refractivity contribution is 5.68. The molecule has 5 nitrogen and oxygen atoms in total. The first kappa shape index (κ1) is 17.2. The molecular formula is C11H22N2O3. The van der Waals surface area contributed by atoms with Crippen molar-refractivity contribution in [3.8, 4) is 0 Å². The van der Waals surface area contributed by atoms with Crippen LogP contribution in [0.2, 0.25) is 0 Å². The van der Waals surface area contributed by atoms with E-state index in [0.717, 1.165) is 19.4 Å². The van der Waals surface area contributed by atoms with Crippen molar-refractivity contribution < 1.29 is 14.7 Å². The SMILES string of the molecule is CC(C)(C)N=C=O.CCCCNCC(=O)O. The van der Waals surface area contributed by atoms with Crippen molar-refractivity contribution in [2.24, 2.45) is 4.99 Å². The number of isocyanates is 1. The summed E-state index contributed by atoms with van der Waals surface area (Å²) in [6.45, 7) is 8.50. The second-order valence-electron chi connectivity index (χ2n) is 4.30. The molecule has 0 aliphatic rings. The van der Waals surface area contributed by atoms with Crippen LogP contribution in [0.15, 0.2) is 4.99 Å². The zero-order valence-electron chi connectivity index (χ0n) is 10.5. The summed E-state index contributed by atoms with van der Waals surface area (Å²) in [6.07, 6.45) is 3.64. The Morgan fingerprint density at radius 2 is 2.00 bits per heavy atom. The van der Waals surface area contributed by atoms with Gasteiger partial charge in [0, 0.05) is 0 Å². The predicted octanol–water partition coefficient (Wildman–Crippen LogP) is 1.58. The van der Waals surface area contributed by atoms with Crippen molar-refractivity contribution in [3.63, 3.8) is 0 Å². The fourth-order valence-corrected chi connectivity index (χ4v) is 0.634. The van der Waals surface area contributed by atoms with Gasteiger partial charge in [-0.25, -0.2) is 9.79 Å². The predicted molar refractivity (Wildman–Crippen MR) is 63.3 cm³/mol. The molecule has 0 aromatic carbocycles. The Kier molecular flexibility index (Phi) is 11.1. The second-order valence-corrected chi connectivity index (χ2v) is 4.30. The maximum atomic E-state index is 9.90. The minimum Gasteiger partial charge on any atom is -0.480 e. The number of nitrogens with zero attached hydrogens (tertiary/aromatic N) is 1. The first-order valence-electron chi connectivity index (χ1n) is 5.35. The molecule has 0 heterocycles. The van der Waals surface area contributed by atoms with Gasteiger partial charge < -0.3 is 10.4 Å². The number of aliphatic carboxylic acids is 1. The first-order chi connectivity index (χ1) is 7.33. The van der Waals surface area contributed by atoms with Gasteiger partial charge in [0.1, 0.15) is 0 Å². The quantitative estimate of drug-likeness (QED) is 0.427. The molecule has 0 aliphatic carbocycles. The zero-order valence-corrected chi connectivity index (χ0v) is 10.5. The van der Waals surface area contributed by atoms with Crippen LogP contribution in [0, 0.1) is 0 Å². The summed E-state index contributed by atoms with van der Waals surface area (Å²) in [6, 6.07) is 0. The number of aliphatic imine (C=N–C) groups is 1. The van der Waals surface area contributed by atoms with Gasteiger partial charge in [-0.1, -0.05) is 13.3 Å². The number of rotatable bonds is 5. The lowest BCUT2D eigenvalue weighted by Gasteiger charge is -2.05. The van der Waals surface area contributed by atoms with Crippen molar-refractivity contribution in [1.82, 2.24) is 5.32 Å². The molecule has 5 heteroatoms. The molecule has 94 valence electrons. The molecule has 0 rings (SSSR count). The van der Waals surface area contributed by atoms with Gasteiger partial charge >= 0.3 is 5.97 Å². The summed E-state index contributed by atoms with van der Waals surface area (Å²) in [4.78, 5) is 22.9. The molecule has 0 radical (unpaired) electrons. The van der Waals surface area contributed by atoms with Crippen LogP contribution >= 0.6 is 0 Å². The van der Waals surface area contributed by atoms with Gasteiger partial charge in [-0.05, 0) is 33.7 Å². The molecule has 0 saturated carbocycles. The van der Waals surface area contributed by atoms with Gasteiger partial charge in [-0.3, -0.25) is 4.79 Å². The summed E-state index contributed by atoms with van der Waals surface area (Å²) >= 11 is 0. The van der Waals surface area contributed by atoms with Crippen molar-refractivity contribution in [2.45, 2.75) is 46.1 Å². The van der Waals surface area contributed by atoms with E-state index >= 15 is 0 Å². The van der Waals surface area contributed by atoms with E-state index in [1.807, 2.05) is 20.8 Å². The van der Waals surface area contributed by atoms with E-state index in [1.54, 1.807) is 0 Å². The monoisotopic (exact) mass is 230 g/mol. The Morgan fingerprint density at radius 1 is 1.44 bits per heavy atom. The van der Waals surface area contributed by atoms with Crippen LogP contribution < -0.4 is 5.32 Å². The van der Waals surface area contributed by atoms with Crippen molar-refractivity contribution >= 4 is 12.0 Å². The van der Waals surface area contributed by atoms with E-state index in [2.05, 4.69) is 17.2 Å². The number of carboxylic acid groups (broad SMARTS) is 1. The summed E-state index contributed by atoms with van der Waals surface area (Å²) in [5.41, 5.74) is -0.248. The molecule has 0 unspecified atom stereocenters. The molecule has 0 saturated heterocycles. The molecule has 0 amide bonds. The summed E-state index contributed by atoms with van der Waals surface area (Å²) in [5, 5.41) is 10.9. The average Bonchev–Trinajstić information content (AvgIpc) is 2.11. The highest BCUT2D eigenvalue weighted by Gasteiger charge is 2.04. The van der Waals surface area contributed by atoms with Crippen LogP contribution in [0.5, 0.6) is 0 Å². The van der Waals surface area contributed by atoms with E-state index < -0.39 is 5.97 Å². The minimum absolute atomic E-state index is 0.0833. The van der Waals surface area contributed by atoms with Crippen molar-refractivity contribution in [3.05, 3.63) is 0 Å². The third-order valence-electron chi connectivity index (χ3n) is 1.36. The van der Waals surface area contributed by atoms with E-state index in [0.29, 0.717) is 0 Å². The molecule has 0 fully saturated rings. The molecule has 0 atom stereocenters. The van der Waals surface area contributed by atoms with Crippen LogP contribution in [0.25, 0.3) is 0 Å². The maximum absolute atomic E-state index is 9.90. The fraction of sp³-hybridized carbons (Fsp3) is 0.818. The number of hydrogen-bond acceptors (Lipinski definition) is 4. The lowest BCUT2D eigenvalue weighted by atomic mass is 10.1. The number of nitrogens with one attached hydrogen (secondary N) is 1. The van der Waals surface area contributed by atoms with Crippen molar-refractivity contribution in [2.75, 3.05) is 13.1 Å². The second kappa shape index (κ2) is 10.3. The highest BCUT2D eigenvalue weighted by atomic mass is 16.4. The van der Waals surface area contributed by atoms with Gasteiger partial charge in [0.2, 0.25) is 6.08 Å². The molecule has 0 bridgehead atoms. The largest absolute Gasteiger partial charge is 0.480 e. The fourth-order valence-electron chi connectivity index (χ4n) is 0.634. The number of carbonyl (C=O) groups is 1. The molecule has 0 aliphatic heterocycles. The minimum atomic E-state index is -0.786. The Balaban J connectivity index is 0. The molecule has 0 spiro atoms. The number of carboxylic acids is 1. The van der Waals surface area contributed by atoms with Crippen LogP contribution in [-0.4, -0.2) is 35.8 Å². The highest BCUT2D eigenvalue weighted by Crippen LogP contribution is 2.02. The third kappa shape index (κ3) is 23.0. The third-order valence-corrected chi connectivity index (χ3v) is 1.36. The van der Waals surface area contributed by atoms with Gasteiger partial charge in [-0.15, -0.1) is 0 Å². The smallest absolute Gasteiger partial charge is 0.317 e. The van der Waals surface area contributed by atoms with Crippen LogP contribution in [0.3, 0.4) is 0 Å². The van der Waals surface area contributed by atoms with Crippen LogP contribution in [0.1, 0.15) is 40.5 Å². The van der Waals surface area contributed by atoms with E-state index in [1.165, 1.54) is 6.08 Å². The topological polar surface area (TPSA) is 78.8 Å². The molecule has 16 heavy (non-hydrogen) atoms. The van der Waals surface area contributed by atoms with Gasteiger partial charge in [0.05, 0.1) is 12.1 Å². The van der Waals surface area contributed by atoms with Crippen LogP contribution in [0.4, 0.5) is 0 Å². The first-order valence-corrected chi connectivity index (χ1v) is 5.35.